The number of carbonyl (C=O) groups excluding carboxylic acids is 1. The predicted octanol–water partition coefficient (Wildman–Crippen LogP) is 4.30. The summed E-state index contributed by atoms with van der Waals surface area (Å²) in [5.41, 5.74) is -0.336. The largest absolute Gasteiger partial charge is 0.322 e. The third kappa shape index (κ3) is 4.89. The number of hydrogen-bond donors (Lipinski definition) is 1. The first-order valence-electron chi connectivity index (χ1n) is 8.02. The second-order valence-corrected chi connectivity index (χ2v) is 6.29. The van der Waals surface area contributed by atoms with Gasteiger partial charge in [-0.1, -0.05) is 23.7 Å². The van der Waals surface area contributed by atoms with E-state index in [4.69, 9.17) is 11.6 Å². The molecule has 1 N–H and O–H groups in total. The lowest BCUT2D eigenvalue weighted by Gasteiger charge is -2.06. The molecule has 0 bridgehead atoms. The summed E-state index contributed by atoms with van der Waals surface area (Å²) >= 11 is 5.92. The third-order valence-electron chi connectivity index (χ3n) is 3.72. The summed E-state index contributed by atoms with van der Waals surface area (Å²) in [5, 5.41) is 10.5. The van der Waals surface area contributed by atoms with Crippen molar-refractivity contribution in [2.75, 3.05) is 5.32 Å². The van der Waals surface area contributed by atoms with Gasteiger partial charge >= 0.3 is 0 Å². The standard InChI is InChI=1S/C17H14ClF4N5O/c18-11-3-1-2-10(4-11)7-26-8-12(6-23-26)24-15(28)9-27-14(17(21)22)5-13(25-27)16(19)20/h1-6,8,16-17H,7,9H2,(H,24,28). The van der Waals surface area contributed by atoms with Crippen LogP contribution in [0.15, 0.2) is 42.7 Å². The number of benzene rings is 1. The van der Waals surface area contributed by atoms with Crippen LogP contribution in [0.25, 0.3) is 0 Å². The van der Waals surface area contributed by atoms with Crippen molar-refractivity contribution in [1.29, 1.82) is 0 Å². The first-order chi connectivity index (χ1) is 13.3. The van der Waals surface area contributed by atoms with Crippen molar-refractivity contribution in [3.05, 3.63) is 64.7 Å². The summed E-state index contributed by atoms with van der Waals surface area (Å²) in [6.07, 6.45) is -3.12. The highest BCUT2D eigenvalue weighted by Crippen LogP contribution is 2.25. The second-order valence-electron chi connectivity index (χ2n) is 5.86. The molecule has 2 heterocycles. The fourth-order valence-electron chi connectivity index (χ4n) is 2.53. The van der Waals surface area contributed by atoms with E-state index in [1.54, 1.807) is 29.1 Å². The summed E-state index contributed by atoms with van der Waals surface area (Å²) in [6.45, 7) is -0.227. The Kier molecular flexibility index (Phi) is 5.98. The van der Waals surface area contributed by atoms with Crippen LogP contribution in [0.4, 0.5) is 23.2 Å². The number of alkyl halides is 4. The highest BCUT2D eigenvalue weighted by Gasteiger charge is 2.22. The zero-order valence-electron chi connectivity index (χ0n) is 14.2. The number of amides is 1. The number of rotatable bonds is 7. The molecule has 11 heteroatoms. The van der Waals surface area contributed by atoms with Gasteiger partial charge in [-0.3, -0.25) is 14.2 Å². The maximum absolute atomic E-state index is 13.0. The number of nitrogens with one attached hydrogen (secondary N) is 1. The molecular formula is C17H14ClF4N5O. The van der Waals surface area contributed by atoms with E-state index in [-0.39, 0.29) is 0 Å². The molecule has 0 unspecified atom stereocenters. The quantitative estimate of drug-likeness (QED) is 0.585. The Morgan fingerprint density at radius 1 is 1.18 bits per heavy atom. The van der Waals surface area contributed by atoms with Crippen LogP contribution >= 0.6 is 11.6 Å². The van der Waals surface area contributed by atoms with Gasteiger partial charge in [-0.15, -0.1) is 0 Å². The van der Waals surface area contributed by atoms with E-state index in [9.17, 15) is 22.4 Å². The van der Waals surface area contributed by atoms with Crippen LogP contribution in [0.3, 0.4) is 0 Å². The molecule has 1 aromatic carbocycles. The fourth-order valence-corrected chi connectivity index (χ4v) is 2.75. The molecule has 0 atom stereocenters. The topological polar surface area (TPSA) is 64.7 Å². The Morgan fingerprint density at radius 3 is 2.64 bits per heavy atom. The summed E-state index contributed by atoms with van der Waals surface area (Å²) in [5.74, 6) is -0.701. The molecule has 148 valence electrons. The van der Waals surface area contributed by atoms with Crippen LogP contribution in [-0.4, -0.2) is 25.5 Å². The summed E-state index contributed by atoms with van der Waals surface area (Å²) in [4.78, 5) is 12.1. The smallest absolute Gasteiger partial charge is 0.282 e. The SMILES string of the molecule is O=C(Cn1nc(C(F)F)cc1C(F)F)Nc1cnn(Cc2cccc(Cl)c2)c1. The highest BCUT2D eigenvalue weighted by atomic mass is 35.5. The first kappa shape index (κ1) is 19.9. The lowest BCUT2D eigenvalue weighted by atomic mass is 10.2. The Morgan fingerprint density at radius 2 is 1.96 bits per heavy atom. The van der Waals surface area contributed by atoms with Crippen LogP contribution < -0.4 is 5.32 Å². The zero-order chi connectivity index (χ0) is 20.3. The minimum absolute atomic E-state index is 0.326. The molecule has 0 aliphatic carbocycles. The van der Waals surface area contributed by atoms with E-state index in [1.807, 2.05) is 6.07 Å². The molecule has 0 aliphatic heterocycles. The first-order valence-corrected chi connectivity index (χ1v) is 8.40. The second kappa shape index (κ2) is 8.42. The Labute approximate surface area is 161 Å². The number of nitrogens with zero attached hydrogens (tertiary/aromatic N) is 4. The predicted molar refractivity (Wildman–Crippen MR) is 93.6 cm³/mol. The van der Waals surface area contributed by atoms with Gasteiger partial charge in [-0.25, -0.2) is 17.6 Å². The van der Waals surface area contributed by atoms with E-state index in [2.05, 4.69) is 15.5 Å². The van der Waals surface area contributed by atoms with Crippen molar-refractivity contribution in [3.63, 3.8) is 0 Å². The minimum atomic E-state index is -3.03. The van der Waals surface area contributed by atoms with Gasteiger partial charge in [0.05, 0.1) is 18.4 Å². The van der Waals surface area contributed by atoms with Crippen molar-refractivity contribution in [3.8, 4) is 0 Å². The van der Waals surface area contributed by atoms with Crippen molar-refractivity contribution in [1.82, 2.24) is 19.6 Å². The van der Waals surface area contributed by atoms with E-state index in [0.29, 0.717) is 28.0 Å². The molecule has 0 spiro atoms. The molecule has 0 saturated carbocycles. The average molecular weight is 416 g/mol. The fraction of sp³-hybridized carbons (Fsp3) is 0.235. The highest BCUT2D eigenvalue weighted by molar-refractivity contribution is 6.30. The van der Waals surface area contributed by atoms with Crippen molar-refractivity contribution < 1.29 is 22.4 Å². The molecule has 1 amide bonds. The Bertz CT molecular complexity index is 972. The molecule has 3 rings (SSSR count). The van der Waals surface area contributed by atoms with Gasteiger partial charge < -0.3 is 5.32 Å². The normalized spacial score (nSPS) is 11.4. The van der Waals surface area contributed by atoms with Gasteiger partial charge in [0.15, 0.2) is 0 Å². The molecule has 3 aromatic rings. The third-order valence-corrected chi connectivity index (χ3v) is 3.96. The Hall–Kier alpha value is -2.88. The summed E-state index contributed by atoms with van der Waals surface area (Å²) in [7, 11) is 0. The number of aromatic nitrogens is 4. The van der Waals surface area contributed by atoms with Crippen molar-refractivity contribution in [2.24, 2.45) is 0 Å². The lowest BCUT2D eigenvalue weighted by molar-refractivity contribution is -0.117. The van der Waals surface area contributed by atoms with Gasteiger partial charge in [0.1, 0.15) is 17.9 Å². The van der Waals surface area contributed by atoms with Gasteiger partial charge in [-0.2, -0.15) is 10.2 Å². The van der Waals surface area contributed by atoms with Crippen molar-refractivity contribution in [2.45, 2.75) is 25.9 Å². The van der Waals surface area contributed by atoms with Crippen LogP contribution in [0, 0.1) is 0 Å². The monoisotopic (exact) mass is 415 g/mol. The number of anilines is 1. The molecule has 28 heavy (non-hydrogen) atoms. The van der Waals surface area contributed by atoms with E-state index >= 15 is 0 Å². The molecule has 0 radical (unpaired) electrons. The lowest BCUT2D eigenvalue weighted by Crippen LogP contribution is -2.21. The zero-order valence-corrected chi connectivity index (χ0v) is 15.0. The summed E-state index contributed by atoms with van der Waals surface area (Å²) < 4.78 is 53.4. The van der Waals surface area contributed by atoms with Gasteiger partial charge in [0, 0.05) is 11.2 Å². The van der Waals surface area contributed by atoms with Crippen LogP contribution in [0.5, 0.6) is 0 Å². The van der Waals surface area contributed by atoms with E-state index < -0.39 is 36.7 Å². The maximum atomic E-state index is 13.0. The number of halogens is 5. The average Bonchev–Trinajstić information content (AvgIpc) is 3.22. The van der Waals surface area contributed by atoms with E-state index in [0.717, 1.165) is 5.56 Å². The van der Waals surface area contributed by atoms with E-state index in [1.165, 1.54) is 6.20 Å². The maximum Gasteiger partial charge on any atom is 0.282 e. The van der Waals surface area contributed by atoms with Crippen LogP contribution in [0.2, 0.25) is 5.02 Å². The van der Waals surface area contributed by atoms with Gasteiger partial charge in [0.25, 0.3) is 12.9 Å². The molecule has 6 nitrogen and oxygen atoms in total. The Balaban J connectivity index is 1.65. The van der Waals surface area contributed by atoms with Crippen molar-refractivity contribution >= 4 is 23.2 Å². The molecule has 0 aliphatic rings. The van der Waals surface area contributed by atoms with Crippen LogP contribution in [-0.2, 0) is 17.9 Å². The molecule has 2 aromatic heterocycles. The van der Waals surface area contributed by atoms with Gasteiger partial charge in [-0.05, 0) is 23.8 Å². The van der Waals surface area contributed by atoms with Crippen LogP contribution in [0.1, 0.15) is 29.8 Å². The summed E-state index contributed by atoms with van der Waals surface area (Å²) in [6, 6.07) is 7.75. The number of carbonyl (C=O) groups is 1. The minimum Gasteiger partial charge on any atom is -0.322 e. The molecule has 0 fully saturated rings. The number of hydrogen-bond acceptors (Lipinski definition) is 3. The van der Waals surface area contributed by atoms with Gasteiger partial charge in [0.2, 0.25) is 5.91 Å². The molecular weight excluding hydrogens is 402 g/mol. The molecule has 0 saturated heterocycles.